The molecule has 1 aliphatic rings. The molecule has 0 saturated carbocycles. The molecule has 3 rings (SSSR count). The van der Waals surface area contributed by atoms with Crippen molar-refractivity contribution in [2.24, 2.45) is 0 Å². The van der Waals surface area contributed by atoms with Gasteiger partial charge in [-0.05, 0) is 38.1 Å². The van der Waals surface area contributed by atoms with Crippen molar-refractivity contribution in [2.75, 3.05) is 13.1 Å². The number of nitrogens with zero attached hydrogens (tertiary/aromatic N) is 2. The Balaban J connectivity index is 1.83. The number of rotatable bonds is 2. The molecule has 3 heterocycles. The molecule has 3 nitrogen and oxygen atoms in total. The lowest BCUT2D eigenvalue weighted by atomic mass is 9.95. The number of thiazole rings is 1. The molecule has 17 heavy (non-hydrogen) atoms. The van der Waals surface area contributed by atoms with Gasteiger partial charge in [-0.3, -0.25) is 4.98 Å². The van der Waals surface area contributed by atoms with Crippen LogP contribution < -0.4 is 5.32 Å². The molecule has 0 bridgehead atoms. The largest absolute Gasteiger partial charge is 0.317 e. The van der Waals surface area contributed by atoms with Gasteiger partial charge in [0.2, 0.25) is 0 Å². The van der Waals surface area contributed by atoms with Crippen LogP contribution in [-0.2, 0) is 0 Å². The fourth-order valence-electron chi connectivity index (χ4n) is 2.21. The van der Waals surface area contributed by atoms with Crippen molar-refractivity contribution >= 4 is 11.3 Å². The smallest absolute Gasteiger partial charge is 0.125 e. The van der Waals surface area contributed by atoms with E-state index in [2.05, 4.69) is 21.7 Å². The summed E-state index contributed by atoms with van der Waals surface area (Å²) in [7, 11) is 0. The van der Waals surface area contributed by atoms with Crippen LogP contribution in [0.15, 0.2) is 29.9 Å². The van der Waals surface area contributed by atoms with Crippen molar-refractivity contribution < 1.29 is 0 Å². The SMILES string of the molecule is c1cncc(-c2nc(C3CCNCC3)cs2)c1. The number of hydrogen-bond donors (Lipinski definition) is 1. The third-order valence-electron chi connectivity index (χ3n) is 3.19. The number of aromatic nitrogens is 2. The third-order valence-corrected chi connectivity index (χ3v) is 4.10. The summed E-state index contributed by atoms with van der Waals surface area (Å²) in [5.41, 5.74) is 2.38. The van der Waals surface area contributed by atoms with Gasteiger partial charge in [-0.25, -0.2) is 4.98 Å². The second-order valence-corrected chi connectivity index (χ2v) is 5.20. The van der Waals surface area contributed by atoms with Gasteiger partial charge in [0.1, 0.15) is 5.01 Å². The molecule has 0 amide bonds. The monoisotopic (exact) mass is 245 g/mol. The number of pyridine rings is 1. The summed E-state index contributed by atoms with van der Waals surface area (Å²) in [4.78, 5) is 8.89. The lowest BCUT2D eigenvalue weighted by Gasteiger charge is -2.20. The normalized spacial score (nSPS) is 17.2. The van der Waals surface area contributed by atoms with Crippen molar-refractivity contribution in [1.82, 2.24) is 15.3 Å². The average molecular weight is 245 g/mol. The van der Waals surface area contributed by atoms with Gasteiger partial charge in [0.15, 0.2) is 0 Å². The summed E-state index contributed by atoms with van der Waals surface area (Å²) in [5.74, 6) is 0.637. The zero-order valence-corrected chi connectivity index (χ0v) is 10.4. The zero-order chi connectivity index (χ0) is 11.5. The quantitative estimate of drug-likeness (QED) is 0.884. The predicted octanol–water partition coefficient (Wildman–Crippen LogP) is 2.67. The van der Waals surface area contributed by atoms with Crippen molar-refractivity contribution in [3.63, 3.8) is 0 Å². The van der Waals surface area contributed by atoms with Gasteiger partial charge in [0.25, 0.3) is 0 Å². The first-order valence-corrected chi connectivity index (χ1v) is 6.88. The van der Waals surface area contributed by atoms with E-state index in [0.717, 1.165) is 23.7 Å². The summed E-state index contributed by atoms with van der Waals surface area (Å²) >= 11 is 1.72. The molecule has 2 aromatic heterocycles. The number of piperidine rings is 1. The lowest BCUT2D eigenvalue weighted by Crippen LogP contribution is -2.26. The topological polar surface area (TPSA) is 37.8 Å². The van der Waals surface area contributed by atoms with Gasteiger partial charge >= 0.3 is 0 Å². The van der Waals surface area contributed by atoms with Crippen LogP contribution in [0.1, 0.15) is 24.5 Å². The fraction of sp³-hybridized carbons (Fsp3) is 0.385. The van der Waals surface area contributed by atoms with E-state index in [1.807, 2.05) is 12.3 Å². The highest BCUT2D eigenvalue weighted by molar-refractivity contribution is 7.13. The molecule has 0 atom stereocenters. The zero-order valence-electron chi connectivity index (χ0n) is 9.60. The highest BCUT2D eigenvalue weighted by atomic mass is 32.1. The number of hydrogen-bond acceptors (Lipinski definition) is 4. The van der Waals surface area contributed by atoms with E-state index in [-0.39, 0.29) is 0 Å². The highest BCUT2D eigenvalue weighted by Gasteiger charge is 2.18. The second kappa shape index (κ2) is 4.94. The number of nitrogens with one attached hydrogen (secondary N) is 1. The van der Waals surface area contributed by atoms with Crippen LogP contribution in [0.25, 0.3) is 10.6 Å². The molecule has 0 unspecified atom stereocenters. The van der Waals surface area contributed by atoms with E-state index in [0.29, 0.717) is 5.92 Å². The maximum absolute atomic E-state index is 4.75. The predicted molar refractivity (Wildman–Crippen MR) is 70.2 cm³/mol. The minimum absolute atomic E-state index is 0.637. The first kappa shape index (κ1) is 10.9. The molecule has 1 saturated heterocycles. The molecule has 88 valence electrons. The third kappa shape index (κ3) is 2.37. The van der Waals surface area contributed by atoms with Gasteiger partial charge in [-0.1, -0.05) is 0 Å². The Kier molecular flexibility index (Phi) is 3.16. The Morgan fingerprint density at radius 1 is 1.29 bits per heavy atom. The van der Waals surface area contributed by atoms with Crippen LogP contribution in [0.4, 0.5) is 0 Å². The fourth-order valence-corrected chi connectivity index (χ4v) is 3.11. The van der Waals surface area contributed by atoms with Crippen molar-refractivity contribution in [1.29, 1.82) is 0 Å². The maximum atomic E-state index is 4.75. The molecule has 1 aliphatic heterocycles. The van der Waals surface area contributed by atoms with Gasteiger partial charge in [-0.2, -0.15) is 0 Å². The molecule has 1 fully saturated rings. The first-order chi connectivity index (χ1) is 8.43. The Morgan fingerprint density at radius 3 is 2.94 bits per heavy atom. The minimum Gasteiger partial charge on any atom is -0.317 e. The molecule has 0 aliphatic carbocycles. The van der Waals surface area contributed by atoms with Crippen LogP contribution in [-0.4, -0.2) is 23.1 Å². The van der Waals surface area contributed by atoms with E-state index in [4.69, 9.17) is 4.98 Å². The second-order valence-electron chi connectivity index (χ2n) is 4.34. The molecule has 1 N–H and O–H groups in total. The molecule has 0 radical (unpaired) electrons. The van der Waals surface area contributed by atoms with Crippen LogP contribution in [0.3, 0.4) is 0 Å². The molecule has 2 aromatic rings. The van der Waals surface area contributed by atoms with Crippen molar-refractivity contribution in [2.45, 2.75) is 18.8 Å². The van der Waals surface area contributed by atoms with Crippen LogP contribution in [0.2, 0.25) is 0 Å². The van der Waals surface area contributed by atoms with E-state index >= 15 is 0 Å². The Bertz CT molecular complexity index is 474. The Hall–Kier alpha value is -1.26. The molecule has 0 aromatic carbocycles. The van der Waals surface area contributed by atoms with Crippen molar-refractivity contribution in [3.05, 3.63) is 35.6 Å². The summed E-state index contributed by atoms with van der Waals surface area (Å²) in [6, 6.07) is 4.03. The summed E-state index contributed by atoms with van der Waals surface area (Å²) in [6.07, 6.45) is 6.09. The highest BCUT2D eigenvalue weighted by Crippen LogP contribution is 2.30. The first-order valence-electron chi connectivity index (χ1n) is 6.00. The standard InChI is InChI=1S/C13H15N3S/c1-2-11(8-15-5-1)13-16-12(9-17-13)10-3-6-14-7-4-10/h1-2,5,8-10,14H,3-4,6-7H2. The lowest BCUT2D eigenvalue weighted by molar-refractivity contribution is 0.455. The summed E-state index contributed by atoms with van der Waals surface area (Å²) in [5, 5.41) is 6.68. The van der Waals surface area contributed by atoms with Crippen molar-refractivity contribution in [3.8, 4) is 10.6 Å². The van der Waals surface area contributed by atoms with Crippen LogP contribution in [0, 0.1) is 0 Å². The molecule has 0 spiro atoms. The van der Waals surface area contributed by atoms with E-state index < -0.39 is 0 Å². The van der Waals surface area contributed by atoms with Crippen LogP contribution >= 0.6 is 11.3 Å². The van der Waals surface area contributed by atoms with Gasteiger partial charge in [0, 0.05) is 29.3 Å². The molecular weight excluding hydrogens is 230 g/mol. The maximum Gasteiger partial charge on any atom is 0.125 e. The van der Waals surface area contributed by atoms with E-state index in [9.17, 15) is 0 Å². The van der Waals surface area contributed by atoms with Crippen LogP contribution in [0.5, 0.6) is 0 Å². The Morgan fingerprint density at radius 2 is 2.18 bits per heavy atom. The van der Waals surface area contributed by atoms with Gasteiger partial charge < -0.3 is 5.32 Å². The summed E-state index contributed by atoms with van der Waals surface area (Å²) < 4.78 is 0. The van der Waals surface area contributed by atoms with Gasteiger partial charge in [-0.15, -0.1) is 11.3 Å². The molecular formula is C13H15N3S. The Labute approximate surface area is 105 Å². The van der Waals surface area contributed by atoms with Gasteiger partial charge in [0.05, 0.1) is 5.69 Å². The van der Waals surface area contributed by atoms with E-state index in [1.54, 1.807) is 17.5 Å². The van der Waals surface area contributed by atoms with E-state index in [1.165, 1.54) is 18.5 Å². The minimum atomic E-state index is 0.637. The average Bonchev–Trinajstić information content (AvgIpc) is 2.90. The summed E-state index contributed by atoms with van der Waals surface area (Å²) in [6.45, 7) is 2.23. The molecule has 4 heteroatoms.